The first-order valence-electron chi connectivity index (χ1n) is 11.2. The van der Waals surface area contributed by atoms with E-state index in [0.717, 1.165) is 16.9 Å². The number of nitrogens with one attached hydrogen (secondary N) is 1. The van der Waals surface area contributed by atoms with Crippen LogP contribution < -0.4 is 19.7 Å². The second kappa shape index (κ2) is 11.2. The minimum Gasteiger partial charge on any atom is -0.494 e. The number of hydrogen-bond donors (Lipinski definition) is 1. The van der Waals surface area contributed by atoms with Gasteiger partial charge in [-0.2, -0.15) is 0 Å². The highest BCUT2D eigenvalue weighted by molar-refractivity contribution is 9.10. The molecule has 1 saturated heterocycles. The number of nitrogens with zero attached hydrogens (tertiary/aromatic N) is 1. The molecule has 7 nitrogen and oxygen atoms in total. The maximum atomic E-state index is 13.3. The highest BCUT2D eigenvalue weighted by atomic mass is 79.9. The van der Waals surface area contributed by atoms with E-state index in [2.05, 4.69) is 21.2 Å². The SMILES string of the molecule is CCCOc1ccc(N2C(=O)NC(=O)/C(=C/c3cc(Br)ccc3OCc3ccc(F)cc3)C2=O)cc1. The highest BCUT2D eigenvalue weighted by Crippen LogP contribution is 2.29. The standard InChI is InChI=1S/C27H22BrFN2O5/c1-2-13-35-22-10-8-21(9-11-22)31-26(33)23(25(32)30-27(31)34)15-18-14-19(28)5-12-24(18)36-16-17-3-6-20(29)7-4-17/h3-12,14-15H,2,13,16H2,1H3,(H,30,32,34)/b23-15-. The number of carbonyl (C=O) groups is 3. The zero-order chi connectivity index (χ0) is 25.7. The maximum Gasteiger partial charge on any atom is 0.335 e. The average molecular weight is 553 g/mol. The molecule has 0 atom stereocenters. The van der Waals surface area contributed by atoms with Gasteiger partial charge < -0.3 is 9.47 Å². The molecule has 1 N–H and O–H groups in total. The molecule has 9 heteroatoms. The normalized spacial score (nSPS) is 14.7. The Morgan fingerprint density at radius 1 is 0.972 bits per heavy atom. The molecule has 3 aromatic rings. The third-order valence-corrected chi connectivity index (χ3v) is 5.74. The summed E-state index contributed by atoms with van der Waals surface area (Å²) in [5.41, 5.74) is 1.25. The summed E-state index contributed by atoms with van der Waals surface area (Å²) in [5.74, 6) is -0.924. The predicted molar refractivity (Wildman–Crippen MR) is 136 cm³/mol. The van der Waals surface area contributed by atoms with Gasteiger partial charge in [0, 0.05) is 10.0 Å². The second-order valence-electron chi connectivity index (χ2n) is 7.90. The number of benzene rings is 3. The van der Waals surface area contributed by atoms with Crippen molar-refractivity contribution in [3.05, 3.63) is 93.7 Å². The molecule has 4 rings (SSSR count). The Labute approximate surface area is 215 Å². The second-order valence-corrected chi connectivity index (χ2v) is 8.81. The highest BCUT2D eigenvalue weighted by Gasteiger charge is 2.37. The van der Waals surface area contributed by atoms with Gasteiger partial charge in [0.25, 0.3) is 11.8 Å². The number of imide groups is 2. The minimum atomic E-state index is -0.841. The van der Waals surface area contributed by atoms with Crippen LogP contribution in [0.25, 0.3) is 6.08 Å². The maximum absolute atomic E-state index is 13.3. The van der Waals surface area contributed by atoms with Crippen molar-refractivity contribution in [2.45, 2.75) is 20.0 Å². The lowest BCUT2D eigenvalue weighted by Crippen LogP contribution is -2.54. The number of carbonyl (C=O) groups excluding carboxylic acids is 3. The van der Waals surface area contributed by atoms with Crippen molar-refractivity contribution in [1.82, 2.24) is 5.32 Å². The van der Waals surface area contributed by atoms with Gasteiger partial charge in [0.2, 0.25) is 0 Å². The molecule has 1 aliphatic rings. The van der Waals surface area contributed by atoms with E-state index in [1.165, 1.54) is 18.2 Å². The van der Waals surface area contributed by atoms with Crippen LogP contribution in [0, 0.1) is 5.82 Å². The molecule has 184 valence electrons. The molecule has 0 unspecified atom stereocenters. The topological polar surface area (TPSA) is 84.9 Å². The number of hydrogen-bond acceptors (Lipinski definition) is 5. The Morgan fingerprint density at radius 3 is 2.39 bits per heavy atom. The van der Waals surface area contributed by atoms with Crippen molar-refractivity contribution in [3.63, 3.8) is 0 Å². The van der Waals surface area contributed by atoms with Gasteiger partial charge in [0.1, 0.15) is 29.5 Å². The number of rotatable bonds is 8. The lowest BCUT2D eigenvalue weighted by atomic mass is 10.1. The zero-order valence-corrected chi connectivity index (χ0v) is 20.9. The van der Waals surface area contributed by atoms with Crippen molar-refractivity contribution >= 4 is 45.5 Å². The Hall–Kier alpha value is -3.98. The molecule has 36 heavy (non-hydrogen) atoms. The third-order valence-electron chi connectivity index (χ3n) is 5.25. The number of ether oxygens (including phenoxy) is 2. The van der Waals surface area contributed by atoms with E-state index in [9.17, 15) is 18.8 Å². The van der Waals surface area contributed by atoms with Crippen LogP contribution in [0.1, 0.15) is 24.5 Å². The molecule has 4 amide bonds. The van der Waals surface area contributed by atoms with E-state index in [0.29, 0.717) is 33.8 Å². The molecule has 0 spiro atoms. The summed E-state index contributed by atoms with van der Waals surface area (Å²) in [5, 5.41) is 2.21. The smallest absolute Gasteiger partial charge is 0.335 e. The lowest BCUT2D eigenvalue weighted by molar-refractivity contribution is -0.122. The van der Waals surface area contributed by atoms with Crippen LogP contribution >= 0.6 is 15.9 Å². The van der Waals surface area contributed by atoms with Crippen LogP contribution in [-0.2, 0) is 16.2 Å². The molecule has 0 aliphatic carbocycles. The number of anilines is 1. The molecule has 1 fully saturated rings. The summed E-state index contributed by atoms with van der Waals surface area (Å²) in [7, 11) is 0. The molecule has 0 saturated carbocycles. The monoisotopic (exact) mass is 552 g/mol. The molecule has 0 bridgehead atoms. The van der Waals surface area contributed by atoms with Crippen molar-refractivity contribution in [2.24, 2.45) is 0 Å². The minimum absolute atomic E-state index is 0.148. The molecule has 1 aliphatic heterocycles. The summed E-state index contributed by atoms with van der Waals surface area (Å²) in [6.45, 7) is 2.68. The van der Waals surface area contributed by atoms with Gasteiger partial charge in [-0.05, 0) is 72.7 Å². The largest absolute Gasteiger partial charge is 0.494 e. The van der Waals surface area contributed by atoms with Gasteiger partial charge in [-0.3, -0.25) is 14.9 Å². The molecule has 1 heterocycles. The molecular formula is C27H22BrFN2O5. The molecule has 0 radical (unpaired) electrons. The van der Waals surface area contributed by atoms with E-state index in [1.807, 2.05) is 6.92 Å². The van der Waals surface area contributed by atoms with Gasteiger partial charge in [-0.25, -0.2) is 14.1 Å². The van der Waals surface area contributed by atoms with E-state index < -0.39 is 17.8 Å². The van der Waals surface area contributed by atoms with Gasteiger partial charge >= 0.3 is 6.03 Å². The first kappa shape index (κ1) is 25.1. The van der Waals surface area contributed by atoms with Gasteiger partial charge in [-0.1, -0.05) is 35.0 Å². The fourth-order valence-electron chi connectivity index (χ4n) is 3.46. The van der Waals surface area contributed by atoms with Crippen molar-refractivity contribution in [1.29, 1.82) is 0 Å². The molecular weight excluding hydrogens is 531 g/mol. The first-order chi connectivity index (χ1) is 17.4. The number of urea groups is 1. The summed E-state index contributed by atoms with van der Waals surface area (Å²) in [4.78, 5) is 39.3. The Balaban J connectivity index is 1.61. The number of barbiturate groups is 1. The zero-order valence-electron chi connectivity index (χ0n) is 19.3. The van der Waals surface area contributed by atoms with Gasteiger partial charge in [0.05, 0.1) is 12.3 Å². The van der Waals surface area contributed by atoms with Crippen LogP contribution in [0.3, 0.4) is 0 Å². The predicted octanol–water partition coefficient (Wildman–Crippen LogP) is 5.62. The number of amides is 4. The van der Waals surface area contributed by atoms with E-state index in [4.69, 9.17) is 9.47 Å². The fraction of sp³-hybridized carbons (Fsp3) is 0.148. The summed E-state index contributed by atoms with van der Waals surface area (Å²) in [6, 6.07) is 16.6. The van der Waals surface area contributed by atoms with Crippen LogP contribution in [0.15, 0.2) is 76.8 Å². The van der Waals surface area contributed by atoms with Crippen LogP contribution in [-0.4, -0.2) is 24.5 Å². The summed E-state index contributed by atoms with van der Waals surface area (Å²) < 4.78 is 25.3. The fourth-order valence-corrected chi connectivity index (χ4v) is 3.84. The Morgan fingerprint density at radius 2 is 1.69 bits per heavy atom. The summed E-state index contributed by atoms with van der Waals surface area (Å²) in [6.07, 6.45) is 2.22. The van der Waals surface area contributed by atoms with Gasteiger partial charge in [0.15, 0.2) is 0 Å². The van der Waals surface area contributed by atoms with Gasteiger partial charge in [-0.15, -0.1) is 0 Å². The number of halogens is 2. The first-order valence-corrected chi connectivity index (χ1v) is 12.0. The van der Waals surface area contributed by atoms with E-state index in [1.54, 1.807) is 54.6 Å². The van der Waals surface area contributed by atoms with Crippen molar-refractivity contribution in [3.8, 4) is 11.5 Å². The molecule has 3 aromatic carbocycles. The van der Waals surface area contributed by atoms with E-state index in [-0.39, 0.29) is 18.0 Å². The quantitative estimate of drug-likeness (QED) is 0.289. The van der Waals surface area contributed by atoms with Crippen molar-refractivity contribution in [2.75, 3.05) is 11.5 Å². The molecule has 0 aromatic heterocycles. The summed E-state index contributed by atoms with van der Waals surface area (Å²) >= 11 is 3.39. The Bertz CT molecular complexity index is 1320. The van der Waals surface area contributed by atoms with E-state index >= 15 is 0 Å². The Kier molecular flexibility index (Phi) is 7.80. The van der Waals surface area contributed by atoms with Crippen LogP contribution in [0.5, 0.6) is 11.5 Å². The van der Waals surface area contributed by atoms with Crippen LogP contribution in [0.4, 0.5) is 14.9 Å². The third kappa shape index (κ3) is 5.80. The van der Waals surface area contributed by atoms with Crippen LogP contribution in [0.2, 0.25) is 0 Å². The average Bonchev–Trinajstić information content (AvgIpc) is 2.86. The van der Waals surface area contributed by atoms with Crippen molar-refractivity contribution < 1.29 is 28.2 Å². The lowest BCUT2D eigenvalue weighted by Gasteiger charge is -2.26.